The largest absolute Gasteiger partial charge is 0.497 e. The van der Waals surface area contributed by atoms with Gasteiger partial charge in [0.15, 0.2) is 11.0 Å². The number of allylic oxidation sites excluding steroid dienone is 1. The number of anilines is 1. The molecule has 1 heterocycles. The molecule has 0 aliphatic carbocycles. The highest BCUT2D eigenvalue weighted by Crippen LogP contribution is 2.22. The normalized spacial score (nSPS) is 11.5. The second kappa shape index (κ2) is 11.5. The summed E-state index contributed by atoms with van der Waals surface area (Å²) in [5.41, 5.74) is 1.14. The summed E-state index contributed by atoms with van der Waals surface area (Å²) in [5, 5.41) is 15.3. The summed E-state index contributed by atoms with van der Waals surface area (Å²) >= 11 is 7.14. The van der Waals surface area contributed by atoms with Crippen LogP contribution in [-0.4, -0.2) is 39.4 Å². The van der Waals surface area contributed by atoms with Gasteiger partial charge in [-0.25, -0.2) is 0 Å². The Kier molecular flexibility index (Phi) is 8.51. The number of nitrogens with zero attached hydrogens (tertiary/aromatic N) is 3. The summed E-state index contributed by atoms with van der Waals surface area (Å²) in [6.07, 6.45) is 1.71. The molecule has 0 spiro atoms. The molecule has 10 heteroatoms. The maximum atomic E-state index is 12.6. The van der Waals surface area contributed by atoms with Gasteiger partial charge in [-0.2, -0.15) is 0 Å². The number of amides is 2. The Bertz CT molecular complexity index is 1130. The maximum absolute atomic E-state index is 12.6. The fourth-order valence-corrected chi connectivity index (χ4v) is 3.88. The van der Waals surface area contributed by atoms with Crippen LogP contribution in [0.1, 0.15) is 29.1 Å². The maximum Gasteiger partial charge on any atom is 0.251 e. The van der Waals surface area contributed by atoms with Crippen molar-refractivity contribution in [3.05, 3.63) is 77.6 Å². The molecule has 0 unspecified atom stereocenters. The van der Waals surface area contributed by atoms with Gasteiger partial charge in [0.2, 0.25) is 5.91 Å². The molecule has 8 nitrogen and oxygen atoms in total. The zero-order valence-corrected chi connectivity index (χ0v) is 19.8. The standard InChI is InChI=1S/C23H24ClN5O3S/c1-4-12-29-21(15(2)25-22(31)16-8-10-17(24)11-9-16)27-28-23(29)33-14-20(30)26-18-6-5-7-19(13-18)32-3/h4-11,13,15H,1,12,14H2,2-3H3,(H,25,31)(H,26,30)/t15-/m0/s1. The topological polar surface area (TPSA) is 98.1 Å². The fraction of sp³-hybridized carbons (Fsp3) is 0.217. The Balaban J connectivity index is 1.65. The Hall–Kier alpha value is -3.30. The molecule has 0 fully saturated rings. The molecule has 3 aromatic rings. The van der Waals surface area contributed by atoms with E-state index in [1.807, 2.05) is 11.5 Å². The van der Waals surface area contributed by atoms with Gasteiger partial charge in [0, 0.05) is 28.9 Å². The van der Waals surface area contributed by atoms with Crippen LogP contribution in [0.3, 0.4) is 0 Å². The number of carbonyl (C=O) groups is 2. The van der Waals surface area contributed by atoms with Gasteiger partial charge in [0.05, 0.1) is 18.9 Å². The molecule has 0 saturated heterocycles. The van der Waals surface area contributed by atoms with Crippen molar-refractivity contribution in [2.24, 2.45) is 0 Å². The van der Waals surface area contributed by atoms with E-state index in [0.29, 0.717) is 39.5 Å². The van der Waals surface area contributed by atoms with E-state index in [-0.39, 0.29) is 17.6 Å². The molecule has 0 aliphatic rings. The van der Waals surface area contributed by atoms with E-state index >= 15 is 0 Å². The Labute approximate surface area is 201 Å². The fourth-order valence-electron chi connectivity index (χ4n) is 3.00. The van der Waals surface area contributed by atoms with Gasteiger partial charge >= 0.3 is 0 Å². The van der Waals surface area contributed by atoms with Crippen molar-refractivity contribution < 1.29 is 14.3 Å². The first-order valence-electron chi connectivity index (χ1n) is 10.1. The minimum Gasteiger partial charge on any atom is -0.497 e. The van der Waals surface area contributed by atoms with E-state index in [0.717, 1.165) is 0 Å². The molecule has 33 heavy (non-hydrogen) atoms. The predicted octanol–water partition coefficient (Wildman–Crippen LogP) is 4.35. The SMILES string of the molecule is C=CCn1c(SCC(=O)Nc2cccc(OC)c2)nnc1[C@H](C)NC(=O)c1ccc(Cl)cc1. The van der Waals surface area contributed by atoms with Crippen LogP contribution in [0.5, 0.6) is 5.75 Å². The average molecular weight is 486 g/mol. The quantitative estimate of drug-likeness (QED) is 0.327. The molecular formula is C23H24ClN5O3S. The molecule has 0 saturated carbocycles. The van der Waals surface area contributed by atoms with Crippen LogP contribution in [0.4, 0.5) is 5.69 Å². The molecule has 2 N–H and O–H groups in total. The van der Waals surface area contributed by atoms with Gasteiger partial charge in [0.25, 0.3) is 5.91 Å². The summed E-state index contributed by atoms with van der Waals surface area (Å²) in [7, 11) is 1.57. The van der Waals surface area contributed by atoms with Crippen LogP contribution >= 0.6 is 23.4 Å². The lowest BCUT2D eigenvalue weighted by Gasteiger charge is -2.15. The van der Waals surface area contributed by atoms with E-state index in [2.05, 4.69) is 27.4 Å². The first kappa shape index (κ1) is 24.3. The number of halogens is 1. The van der Waals surface area contributed by atoms with Crippen molar-refractivity contribution in [2.75, 3.05) is 18.2 Å². The number of rotatable bonds is 10. The van der Waals surface area contributed by atoms with Crippen molar-refractivity contribution >= 4 is 40.9 Å². The highest BCUT2D eigenvalue weighted by Gasteiger charge is 2.20. The number of nitrogens with one attached hydrogen (secondary N) is 2. The van der Waals surface area contributed by atoms with Gasteiger partial charge < -0.3 is 19.9 Å². The number of hydrogen-bond acceptors (Lipinski definition) is 6. The zero-order chi connectivity index (χ0) is 23.8. The van der Waals surface area contributed by atoms with E-state index in [9.17, 15) is 9.59 Å². The van der Waals surface area contributed by atoms with E-state index in [4.69, 9.17) is 16.3 Å². The van der Waals surface area contributed by atoms with Gasteiger partial charge in [-0.3, -0.25) is 9.59 Å². The third kappa shape index (κ3) is 6.59. The minimum atomic E-state index is -0.416. The summed E-state index contributed by atoms with van der Waals surface area (Å²) in [6, 6.07) is 13.3. The Morgan fingerprint density at radius 2 is 2.00 bits per heavy atom. The van der Waals surface area contributed by atoms with Crippen LogP contribution in [0.2, 0.25) is 5.02 Å². The third-order valence-electron chi connectivity index (χ3n) is 4.58. The molecular weight excluding hydrogens is 462 g/mol. The number of ether oxygens (including phenoxy) is 1. The number of benzene rings is 2. The molecule has 0 radical (unpaired) electrons. The van der Waals surface area contributed by atoms with Gasteiger partial charge in [-0.05, 0) is 43.3 Å². The second-order valence-electron chi connectivity index (χ2n) is 7.01. The molecule has 1 atom stereocenters. The van der Waals surface area contributed by atoms with Crippen LogP contribution in [0.25, 0.3) is 0 Å². The Morgan fingerprint density at radius 1 is 1.24 bits per heavy atom. The van der Waals surface area contributed by atoms with Crippen molar-refractivity contribution in [3.63, 3.8) is 0 Å². The molecule has 1 aromatic heterocycles. The van der Waals surface area contributed by atoms with Crippen molar-refractivity contribution in [1.29, 1.82) is 0 Å². The van der Waals surface area contributed by atoms with Crippen molar-refractivity contribution in [3.8, 4) is 5.75 Å². The first-order chi connectivity index (χ1) is 15.9. The second-order valence-corrected chi connectivity index (χ2v) is 8.39. The third-order valence-corrected chi connectivity index (χ3v) is 5.80. The van der Waals surface area contributed by atoms with Crippen LogP contribution in [-0.2, 0) is 11.3 Å². The molecule has 3 rings (SSSR count). The number of hydrogen-bond donors (Lipinski definition) is 2. The summed E-state index contributed by atoms with van der Waals surface area (Å²) in [4.78, 5) is 25.0. The monoisotopic (exact) mass is 485 g/mol. The lowest BCUT2D eigenvalue weighted by molar-refractivity contribution is -0.113. The number of carbonyl (C=O) groups excluding carboxylic acids is 2. The molecule has 2 aromatic carbocycles. The van der Waals surface area contributed by atoms with Crippen molar-refractivity contribution in [1.82, 2.24) is 20.1 Å². The van der Waals surface area contributed by atoms with E-state index in [1.165, 1.54) is 11.8 Å². The highest BCUT2D eigenvalue weighted by molar-refractivity contribution is 7.99. The summed E-state index contributed by atoms with van der Waals surface area (Å²) in [5.74, 6) is 0.919. The lowest BCUT2D eigenvalue weighted by atomic mass is 10.2. The summed E-state index contributed by atoms with van der Waals surface area (Å²) in [6.45, 7) is 6.04. The number of aromatic nitrogens is 3. The van der Waals surface area contributed by atoms with Crippen molar-refractivity contribution in [2.45, 2.75) is 24.7 Å². The molecule has 0 bridgehead atoms. The number of methoxy groups -OCH3 is 1. The molecule has 2 amide bonds. The predicted molar refractivity (Wildman–Crippen MR) is 130 cm³/mol. The number of thioether (sulfide) groups is 1. The highest BCUT2D eigenvalue weighted by atomic mass is 35.5. The van der Waals surface area contributed by atoms with Crippen LogP contribution < -0.4 is 15.4 Å². The van der Waals surface area contributed by atoms with Gasteiger partial charge in [0.1, 0.15) is 5.75 Å². The summed E-state index contributed by atoms with van der Waals surface area (Å²) < 4.78 is 6.99. The lowest BCUT2D eigenvalue weighted by Crippen LogP contribution is -2.28. The first-order valence-corrected chi connectivity index (χ1v) is 11.4. The smallest absolute Gasteiger partial charge is 0.251 e. The van der Waals surface area contributed by atoms with Crippen LogP contribution in [0, 0.1) is 0 Å². The average Bonchev–Trinajstić information content (AvgIpc) is 3.21. The zero-order valence-electron chi connectivity index (χ0n) is 18.2. The van der Waals surface area contributed by atoms with E-state index < -0.39 is 6.04 Å². The molecule has 172 valence electrons. The van der Waals surface area contributed by atoms with E-state index in [1.54, 1.807) is 61.7 Å². The Morgan fingerprint density at radius 3 is 2.70 bits per heavy atom. The molecule has 0 aliphatic heterocycles. The van der Waals surface area contributed by atoms with Gasteiger partial charge in [-0.1, -0.05) is 35.5 Å². The minimum absolute atomic E-state index is 0.137. The van der Waals surface area contributed by atoms with Crippen LogP contribution in [0.15, 0.2) is 66.3 Å². The van der Waals surface area contributed by atoms with Gasteiger partial charge in [-0.15, -0.1) is 16.8 Å².